The summed E-state index contributed by atoms with van der Waals surface area (Å²) in [5.74, 6) is -0.0398. The van der Waals surface area contributed by atoms with Crippen LogP contribution in [0.3, 0.4) is 0 Å². The Morgan fingerprint density at radius 1 is 1.55 bits per heavy atom. The summed E-state index contributed by atoms with van der Waals surface area (Å²) in [5, 5.41) is 9.20. The Balaban J connectivity index is 1.86. The third-order valence-electron chi connectivity index (χ3n) is 3.92. The first-order chi connectivity index (χ1) is 9.69. The van der Waals surface area contributed by atoms with E-state index in [4.69, 9.17) is 4.74 Å². The molecule has 20 heavy (non-hydrogen) atoms. The van der Waals surface area contributed by atoms with Crippen molar-refractivity contribution in [3.63, 3.8) is 0 Å². The summed E-state index contributed by atoms with van der Waals surface area (Å²) in [7, 11) is 0. The number of rotatable bonds is 4. The molecule has 2 heterocycles. The van der Waals surface area contributed by atoms with Gasteiger partial charge in [-0.15, -0.1) is 0 Å². The minimum absolute atomic E-state index is 0.149. The van der Waals surface area contributed by atoms with Gasteiger partial charge in [-0.05, 0) is 19.4 Å². The Morgan fingerprint density at radius 3 is 3.00 bits per heavy atom. The van der Waals surface area contributed by atoms with Crippen molar-refractivity contribution in [3.05, 3.63) is 23.3 Å². The van der Waals surface area contributed by atoms with E-state index >= 15 is 0 Å². The van der Waals surface area contributed by atoms with E-state index in [2.05, 4.69) is 21.8 Å². The van der Waals surface area contributed by atoms with Crippen molar-refractivity contribution >= 4 is 5.97 Å². The van der Waals surface area contributed by atoms with Gasteiger partial charge in [-0.3, -0.25) is 4.90 Å². The van der Waals surface area contributed by atoms with Gasteiger partial charge < -0.3 is 9.84 Å². The lowest BCUT2D eigenvalue weighted by atomic mass is 10.1. The number of hydrogen-bond donors (Lipinski definition) is 1. The maximum atomic E-state index is 11.2. The zero-order chi connectivity index (χ0) is 14.1. The van der Waals surface area contributed by atoms with Gasteiger partial charge >= 0.3 is 5.97 Å². The van der Waals surface area contributed by atoms with Gasteiger partial charge in [0.05, 0.1) is 17.9 Å². The average molecular weight is 277 g/mol. The molecular weight excluding hydrogens is 258 g/mol. The molecular formula is C14H19N3O3. The van der Waals surface area contributed by atoms with Gasteiger partial charge in [0.2, 0.25) is 0 Å². The highest BCUT2D eigenvalue weighted by molar-refractivity contribution is 5.88. The van der Waals surface area contributed by atoms with Crippen molar-refractivity contribution in [2.45, 2.75) is 31.8 Å². The minimum atomic E-state index is -0.946. The summed E-state index contributed by atoms with van der Waals surface area (Å²) >= 11 is 0. The molecule has 0 amide bonds. The zero-order valence-corrected chi connectivity index (χ0v) is 11.6. The molecule has 1 aliphatic carbocycles. The lowest BCUT2D eigenvalue weighted by Crippen LogP contribution is -2.38. The fourth-order valence-electron chi connectivity index (χ4n) is 2.54. The van der Waals surface area contributed by atoms with Crippen LogP contribution in [-0.4, -0.2) is 52.2 Å². The highest BCUT2D eigenvalue weighted by Crippen LogP contribution is 2.40. The van der Waals surface area contributed by atoms with Gasteiger partial charge in [-0.2, -0.15) is 0 Å². The molecule has 1 aliphatic heterocycles. The smallest absolute Gasteiger partial charge is 0.339 e. The largest absolute Gasteiger partial charge is 0.478 e. The Morgan fingerprint density at radius 2 is 2.35 bits per heavy atom. The molecule has 0 radical (unpaired) electrons. The number of carboxylic acids is 1. The lowest BCUT2D eigenvalue weighted by Gasteiger charge is -2.31. The second-order valence-electron chi connectivity index (χ2n) is 5.36. The van der Waals surface area contributed by atoms with Crippen LogP contribution in [0.4, 0.5) is 0 Å². The molecule has 1 atom stereocenters. The zero-order valence-electron chi connectivity index (χ0n) is 11.6. The summed E-state index contributed by atoms with van der Waals surface area (Å²) in [6.45, 7) is 5.46. The first-order valence-electron chi connectivity index (χ1n) is 7.13. The maximum absolute atomic E-state index is 11.2. The number of nitrogens with zero attached hydrogens (tertiary/aromatic N) is 3. The summed E-state index contributed by atoms with van der Waals surface area (Å²) in [6, 6.07) is 0. The van der Waals surface area contributed by atoms with Crippen molar-refractivity contribution in [1.82, 2.24) is 14.9 Å². The Hall–Kier alpha value is -1.53. The first kappa shape index (κ1) is 13.5. The van der Waals surface area contributed by atoms with Crippen LogP contribution in [0.1, 0.15) is 53.7 Å². The molecule has 1 aromatic heterocycles. The van der Waals surface area contributed by atoms with Gasteiger partial charge in [-0.1, -0.05) is 6.92 Å². The maximum Gasteiger partial charge on any atom is 0.339 e. The second-order valence-corrected chi connectivity index (χ2v) is 5.36. The number of aromatic carboxylic acids is 1. The number of morpholine rings is 1. The van der Waals surface area contributed by atoms with E-state index in [1.54, 1.807) is 0 Å². The molecule has 2 fully saturated rings. The number of carboxylic acid groups (broad SMARTS) is 1. The minimum Gasteiger partial charge on any atom is -0.478 e. The molecule has 2 aliphatic rings. The van der Waals surface area contributed by atoms with Crippen LogP contribution in [0.5, 0.6) is 0 Å². The quantitative estimate of drug-likeness (QED) is 0.897. The third-order valence-corrected chi connectivity index (χ3v) is 3.92. The second kappa shape index (κ2) is 5.46. The molecule has 3 rings (SSSR count). The molecule has 1 N–H and O–H groups in total. The number of hydrogen-bond acceptors (Lipinski definition) is 5. The van der Waals surface area contributed by atoms with Crippen molar-refractivity contribution in [2.75, 3.05) is 26.2 Å². The predicted molar refractivity (Wildman–Crippen MR) is 71.8 cm³/mol. The van der Waals surface area contributed by atoms with E-state index in [-0.39, 0.29) is 17.6 Å². The third kappa shape index (κ3) is 2.66. The van der Waals surface area contributed by atoms with Gasteiger partial charge in [-0.25, -0.2) is 14.8 Å². The van der Waals surface area contributed by atoms with Crippen molar-refractivity contribution in [3.8, 4) is 0 Å². The molecule has 6 nitrogen and oxygen atoms in total. The van der Waals surface area contributed by atoms with E-state index in [0.717, 1.165) is 32.5 Å². The first-order valence-corrected chi connectivity index (χ1v) is 7.13. The summed E-state index contributed by atoms with van der Waals surface area (Å²) < 4.78 is 5.74. The van der Waals surface area contributed by atoms with Gasteiger partial charge in [0.15, 0.2) is 5.82 Å². The van der Waals surface area contributed by atoms with Crippen molar-refractivity contribution < 1.29 is 14.6 Å². The molecule has 1 saturated heterocycles. The van der Waals surface area contributed by atoms with Gasteiger partial charge in [0.1, 0.15) is 6.10 Å². The summed E-state index contributed by atoms with van der Waals surface area (Å²) in [4.78, 5) is 22.2. The van der Waals surface area contributed by atoms with Crippen LogP contribution in [0, 0.1) is 0 Å². The number of aromatic nitrogens is 2. The van der Waals surface area contributed by atoms with Crippen LogP contribution in [0.2, 0.25) is 0 Å². The van der Waals surface area contributed by atoms with E-state index in [9.17, 15) is 9.90 Å². The average Bonchev–Trinajstić information content (AvgIpc) is 3.31. The molecule has 1 unspecified atom stereocenters. The molecule has 1 aromatic rings. The molecule has 1 saturated carbocycles. The Bertz CT molecular complexity index is 516. The van der Waals surface area contributed by atoms with Crippen molar-refractivity contribution in [2.24, 2.45) is 0 Å². The van der Waals surface area contributed by atoms with E-state index in [1.165, 1.54) is 6.20 Å². The monoisotopic (exact) mass is 277 g/mol. The van der Waals surface area contributed by atoms with Crippen LogP contribution in [0.15, 0.2) is 6.20 Å². The number of carbonyl (C=O) groups is 1. The molecule has 6 heteroatoms. The SMILES string of the molecule is CCN1CCOC(c2ncc(C(=O)O)c(C3CC3)n2)C1. The van der Waals surface area contributed by atoms with Crippen molar-refractivity contribution in [1.29, 1.82) is 0 Å². The standard InChI is InChI=1S/C14H19N3O3/c1-2-17-5-6-20-11(8-17)13-15-7-10(14(18)19)12(16-13)9-3-4-9/h7,9,11H,2-6,8H2,1H3,(H,18,19). The Labute approximate surface area is 117 Å². The van der Waals surface area contributed by atoms with Crippen LogP contribution in [-0.2, 0) is 4.74 Å². The van der Waals surface area contributed by atoms with Gasteiger partial charge in [0.25, 0.3) is 0 Å². The molecule has 0 bridgehead atoms. The van der Waals surface area contributed by atoms with Crippen LogP contribution < -0.4 is 0 Å². The Kier molecular flexibility index (Phi) is 3.67. The number of ether oxygens (including phenoxy) is 1. The summed E-state index contributed by atoms with van der Waals surface area (Å²) in [6.07, 6.45) is 3.32. The van der Waals surface area contributed by atoms with E-state index in [0.29, 0.717) is 18.1 Å². The normalized spacial score (nSPS) is 23.8. The fourth-order valence-corrected chi connectivity index (χ4v) is 2.54. The van der Waals surface area contributed by atoms with Crippen LogP contribution >= 0.6 is 0 Å². The van der Waals surface area contributed by atoms with Gasteiger partial charge in [0, 0.05) is 25.2 Å². The predicted octanol–water partition coefficient (Wildman–Crippen LogP) is 1.45. The number of likely N-dealkylation sites (N-methyl/N-ethyl adjacent to an activating group) is 1. The molecule has 108 valence electrons. The topological polar surface area (TPSA) is 75.5 Å². The fraction of sp³-hybridized carbons (Fsp3) is 0.643. The summed E-state index contributed by atoms with van der Waals surface area (Å²) in [5.41, 5.74) is 0.916. The highest BCUT2D eigenvalue weighted by atomic mass is 16.5. The van der Waals surface area contributed by atoms with Crippen LogP contribution in [0.25, 0.3) is 0 Å². The van der Waals surface area contributed by atoms with E-state index in [1.807, 2.05) is 0 Å². The molecule has 0 spiro atoms. The lowest BCUT2D eigenvalue weighted by molar-refractivity contribution is -0.0327. The highest BCUT2D eigenvalue weighted by Gasteiger charge is 2.32. The van der Waals surface area contributed by atoms with E-state index < -0.39 is 5.97 Å². The molecule has 0 aromatic carbocycles.